The molecule has 12 heteroatoms. The van der Waals surface area contributed by atoms with Crippen molar-refractivity contribution in [2.75, 3.05) is 4.90 Å². The first kappa shape index (κ1) is 27.5. The van der Waals surface area contributed by atoms with Crippen molar-refractivity contribution >= 4 is 29.2 Å². The second kappa shape index (κ2) is 11.5. The van der Waals surface area contributed by atoms with E-state index in [0.717, 1.165) is 29.2 Å². The van der Waals surface area contributed by atoms with E-state index < -0.39 is 34.6 Å². The van der Waals surface area contributed by atoms with Crippen molar-refractivity contribution < 1.29 is 32.0 Å². The first-order valence-corrected chi connectivity index (χ1v) is 11.7. The lowest BCUT2D eigenvalue weighted by Gasteiger charge is -2.31. The van der Waals surface area contributed by atoms with Crippen LogP contribution in [0, 0.1) is 15.9 Å². The Hall–Kier alpha value is -4.51. The predicted molar refractivity (Wildman–Crippen MR) is 135 cm³/mol. The lowest BCUT2D eigenvalue weighted by molar-refractivity contribution is -0.384. The van der Waals surface area contributed by atoms with Gasteiger partial charge in [0.15, 0.2) is 0 Å². The molecule has 0 aliphatic carbocycles. The molecule has 0 aliphatic rings. The number of amides is 1. The molecule has 0 bridgehead atoms. The molecule has 1 aromatic heterocycles. The zero-order chi connectivity index (χ0) is 28.2. The highest BCUT2D eigenvalue weighted by Crippen LogP contribution is 2.36. The second-order valence-electron chi connectivity index (χ2n) is 8.30. The number of non-ortho nitro benzene ring substituents is 1. The van der Waals surface area contributed by atoms with Gasteiger partial charge in [-0.2, -0.15) is 13.2 Å². The molecule has 200 valence electrons. The summed E-state index contributed by atoms with van der Waals surface area (Å²) in [4.78, 5) is 29.0. The van der Waals surface area contributed by atoms with Crippen LogP contribution in [0.5, 0.6) is 5.75 Å². The van der Waals surface area contributed by atoms with E-state index in [1.165, 1.54) is 30.5 Å². The monoisotopic (exact) mass is 559 g/mol. The number of rotatable bonds is 7. The summed E-state index contributed by atoms with van der Waals surface area (Å²) in [7, 11) is 0. The average molecular weight is 560 g/mol. The van der Waals surface area contributed by atoms with Crippen LogP contribution in [0.25, 0.3) is 0 Å². The number of hydrogen-bond donors (Lipinski definition) is 0. The van der Waals surface area contributed by atoms with Crippen molar-refractivity contribution in [2.45, 2.75) is 18.6 Å². The summed E-state index contributed by atoms with van der Waals surface area (Å²) in [5.74, 6) is -1.26. The van der Waals surface area contributed by atoms with E-state index in [1.807, 2.05) is 0 Å². The van der Waals surface area contributed by atoms with E-state index >= 15 is 0 Å². The lowest BCUT2D eigenvalue weighted by Crippen LogP contribution is -2.39. The number of nitrogens with zero attached hydrogens (tertiary/aromatic N) is 3. The minimum Gasteiger partial charge on any atom is -0.410 e. The maximum Gasteiger partial charge on any atom is 0.421 e. The van der Waals surface area contributed by atoms with E-state index in [9.17, 15) is 32.5 Å². The SMILES string of the molecule is O=C(Oc1ccc([N+](=O)[O-])cc1)N(c1ccc(Cl)cn1)[C@@H](Cc1ccccc1)c1cc(F)cc(C(F)(F)F)c1. The number of nitro benzene ring substituents is 1. The van der Waals surface area contributed by atoms with Crippen molar-refractivity contribution in [3.63, 3.8) is 0 Å². The van der Waals surface area contributed by atoms with E-state index in [2.05, 4.69) is 4.98 Å². The molecule has 3 aromatic carbocycles. The number of benzene rings is 3. The van der Waals surface area contributed by atoms with Gasteiger partial charge in [0.25, 0.3) is 5.69 Å². The number of nitro groups is 1. The van der Waals surface area contributed by atoms with Crippen LogP contribution in [0.1, 0.15) is 22.7 Å². The summed E-state index contributed by atoms with van der Waals surface area (Å²) in [6.45, 7) is 0. The molecule has 4 rings (SSSR count). The van der Waals surface area contributed by atoms with Gasteiger partial charge in [0, 0.05) is 18.3 Å². The Balaban J connectivity index is 1.84. The summed E-state index contributed by atoms with van der Waals surface area (Å²) in [6, 6.07) is 16.8. The number of carbonyl (C=O) groups is 1. The smallest absolute Gasteiger partial charge is 0.410 e. The second-order valence-corrected chi connectivity index (χ2v) is 8.74. The first-order valence-electron chi connectivity index (χ1n) is 11.3. The van der Waals surface area contributed by atoms with Crippen LogP contribution in [0.15, 0.2) is 91.1 Å². The molecule has 1 amide bonds. The van der Waals surface area contributed by atoms with E-state index in [1.54, 1.807) is 30.3 Å². The Morgan fingerprint density at radius 1 is 1.03 bits per heavy atom. The van der Waals surface area contributed by atoms with Gasteiger partial charge in [-0.1, -0.05) is 41.9 Å². The summed E-state index contributed by atoms with van der Waals surface area (Å²) < 4.78 is 60.7. The highest BCUT2D eigenvalue weighted by molar-refractivity contribution is 6.30. The van der Waals surface area contributed by atoms with Gasteiger partial charge in [0.2, 0.25) is 0 Å². The van der Waals surface area contributed by atoms with Crippen LogP contribution in [0.2, 0.25) is 5.02 Å². The van der Waals surface area contributed by atoms with Gasteiger partial charge in [-0.15, -0.1) is 0 Å². The average Bonchev–Trinajstić information content (AvgIpc) is 2.89. The molecule has 0 saturated heterocycles. The van der Waals surface area contributed by atoms with Crippen LogP contribution in [-0.4, -0.2) is 16.0 Å². The molecule has 39 heavy (non-hydrogen) atoms. The standard InChI is InChI=1S/C27H18ClF4N3O4/c28-20-6-11-25(33-16-20)34(26(36)39-23-9-7-22(8-10-23)35(37)38)24(12-17-4-2-1-3-5-17)18-13-19(27(30,31)32)15-21(29)14-18/h1-11,13-16,24H,12H2/t24-/m0/s1. The number of pyridine rings is 1. The molecule has 0 aliphatic heterocycles. The zero-order valence-electron chi connectivity index (χ0n) is 19.8. The van der Waals surface area contributed by atoms with Crippen LogP contribution >= 0.6 is 11.6 Å². The van der Waals surface area contributed by atoms with Crippen LogP contribution in [0.3, 0.4) is 0 Å². The number of hydrogen-bond acceptors (Lipinski definition) is 5. The minimum atomic E-state index is -4.85. The van der Waals surface area contributed by atoms with Gasteiger partial charge >= 0.3 is 12.3 Å². The first-order chi connectivity index (χ1) is 18.5. The molecule has 7 nitrogen and oxygen atoms in total. The number of ether oxygens (including phenoxy) is 1. The van der Waals surface area contributed by atoms with Gasteiger partial charge < -0.3 is 4.74 Å². The molecular formula is C27H18ClF4N3O4. The largest absolute Gasteiger partial charge is 0.421 e. The third kappa shape index (κ3) is 6.88. The maximum absolute atomic E-state index is 14.5. The van der Waals surface area contributed by atoms with Crippen molar-refractivity contribution in [1.29, 1.82) is 0 Å². The molecule has 0 saturated carbocycles. The van der Waals surface area contributed by atoms with Gasteiger partial charge in [0.05, 0.1) is 21.6 Å². The Bertz CT molecular complexity index is 1470. The number of anilines is 1. The van der Waals surface area contributed by atoms with E-state index in [4.69, 9.17) is 16.3 Å². The van der Waals surface area contributed by atoms with Gasteiger partial charge in [-0.3, -0.25) is 15.0 Å². The highest BCUT2D eigenvalue weighted by Gasteiger charge is 2.35. The normalized spacial score (nSPS) is 12.0. The summed E-state index contributed by atoms with van der Waals surface area (Å²) in [5.41, 5.74) is -1.01. The van der Waals surface area contributed by atoms with Crippen molar-refractivity contribution in [3.05, 3.63) is 129 Å². The molecule has 0 fully saturated rings. The fraction of sp³-hybridized carbons (Fsp3) is 0.111. The van der Waals surface area contributed by atoms with Crippen molar-refractivity contribution in [1.82, 2.24) is 4.98 Å². The van der Waals surface area contributed by atoms with Crippen molar-refractivity contribution in [2.24, 2.45) is 0 Å². The molecule has 1 heterocycles. The summed E-state index contributed by atoms with van der Waals surface area (Å²) in [6.07, 6.45) is -4.73. The van der Waals surface area contributed by atoms with Gasteiger partial charge in [0.1, 0.15) is 17.4 Å². The molecule has 0 spiro atoms. The molecule has 0 radical (unpaired) electrons. The molecule has 0 unspecified atom stereocenters. The quantitative estimate of drug-likeness (QED) is 0.131. The molecule has 0 N–H and O–H groups in total. The number of alkyl halides is 3. The van der Waals surface area contributed by atoms with E-state index in [0.29, 0.717) is 11.6 Å². The Morgan fingerprint density at radius 3 is 2.31 bits per heavy atom. The zero-order valence-corrected chi connectivity index (χ0v) is 20.6. The van der Waals surface area contributed by atoms with Crippen LogP contribution < -0.4 is 9.64 Å². The highest BCUT2D eigenvalue weighted by atomic mass is 35.5. The van der Waals surface area contributed by atoms with Crippen molar-refractivity contribution in [3.8, 4) is 5.75 Å². The molecule has 1 atom stereocenters. The maximum atomic E-state index is 14.5. The van der Waals surface area contributed by atoms with E-state index in [-0.39, 0.29) is 34.3 Å². The third-order valence-electron chi connectivity index (χ3n) is 5.62. The molecular weight excluding hydrogens is 542 g/mol. The summed E-state index contributed by atoms with van der Waals surface area (Å²) >= 11 is 5.96. The van der Waals surface area contributed by atoms with Gasteiger partial charge in [-0.25, -0.2) is 14.2 Å². The fourth-order valence-electron chi connectivity index (χ4n) is 3.84. The number of aromatic nitrogens is 1. The van der Waals surface area contributed by atoms with Crippen LogP contribution in [0.4, 0.5) is 33.9 Å². The lowest BCUT2D eigenvalue weighted by atomic mass is 9.95. The topological polar surface area (TPSA) is 85.6 Å². The third-order valence-corrected chi connectivity index (χ3v) is 5.85. The molecule has 4 aromatic rings. The number of halogens is 5. The Kier molecular flexibility index (Phi) is 8.10. The fourth-order valence-corrected chi connectivity index (χ4v) is 3.95. The van der Waals surface area contributed by atoms with Crippen LogP contribution in [-0.2, 0) is 12.6 Å². The Morgan fingerprint density at radius 2 is 1.72 bits per heavy atom. The Labute approximate surface area is 224 Å². The minimum absolute atomic E-state index is 0.0370. The summed E-state index contributed by atoms with van der Waals surface area (Å²) in [5, 5.41) is 11.2. The van der Waals surface area contributed by atoms with Gasteiger partial charge in [-0.05, 0) is 60.0 Å². The number of carbonyl (C=O) groups excluding carboxylic acids is 1. The predicted octanol–water partition coefficient (Wildman–Crippen LogP) is 7.79.